The van der Waals surface area contributed by atoms with Gasteiger partial charge in [0.25, 0.3) is 0 Å². The fourth-order valence-corrected chi connectivity index (χ4v) is 7.52. The van der Waals surface area contributed by atoms with Gasteiger partial charge in [0.05, 0.1) is 6.04 Å². The number of unbranched alkanes of at least 4 members (excludes halogenated alkanes) is 3. The summed E-state index contributed by atoms with van der Waals surface area (Å²) in [4.78, 5) is 144. The smallest absolute Gasteiger partial charge is 0.480 e. The largest absolute Gasteiger partial charge is 0.490 e. The Morgan fingerprint density at radius 1 is 0.378 bits per heavy atom. The fraction of sp³-hybridized carbons (Fsp3) is 0.586. The SMILES string of the molecule is CC(C)C[C@H](NC(=O)[C@H](CCCCN)NC(=O)[C@@H](N)CCCCN)C(=O)N[C@H](C(=O)N[C@@H](Cc1ccccc1)C(=O)N[C@@H](Cc1ccccc1)C(=O)N[C@@H](C)C(=O)N[C@@H](CCCCN)C(=O)O)C(C)C.O=C(O)C(F)(F)F.O=C(O)C(F)(F)F.O=C(O)C(F)(F)F.O=C(O)C(F)(F)F. The Balaban J connectivity index is -0.00000266. The zero-order valence-corrected chi connectivity index (χ0v) is 53.6. The molecule has 0 aliphatic carbocycles. The molecule has 0 unspecified atom stereocenters. The molecule has 98 heavy (non-hydrogen) atoms. The van der Waals surface area contributed by atoms with E-state index in [9.17, 15) is 96.1 Å². The maximum Gasteiger partial charge on any atom is 0.490 e. The van der Waals surface area contributed by atoms with Gasteiger partial charge in [0, 0.05) is 12.8 Å². The summed E-state index contributed by atoms with van der Waals surface area (Å²) >= 11 is 0. The Bertz CT molecular complexity index is 2710. The van der Waals surface area contributed by atoms with Gasteiger partial charge < -0.3 is 85.7 Å². The second-order valence-corrected chi connectivity index (χ2v) is 21.8. The minimum Gasteiger partial charge on any atom is -0.480 e. The third-order valence-electron chi connectivity index (χ3n) is 12.6. The van der Waals surface area contributed by atoms with E-state index in [2.05, 4.69) is 37.2 Å². The van der Waals surface area contributed by atoms with Crippen LogP contribution in [0.5, 0.6) is 0 Å². The molecule has 0 saturated heterocycles. The minimum atomic E-state index is -5.08. The van der Waals surface area contributed by atoms with Gasteiger partial charge in [-0.15, -0.1) is 0 Å². The van der Waals surface area contributed by atoms with E-state index in [0.29, 0.717) is 75.7 Å². The summed E-state index contributed by atoms with van der Waals surface area (Å²) in [5.74, 6) is -17.6. The highest BCUT2D eigenvalue weighted by Crippen LogP contribution is 2.17. The molecule has 40 heteroatoms. The number of nitrogens with two attached hydrogens (primary N) is 4. The molecule has 2 rings (SSSR count). The van der Waals surface area contributed by atoms with Crippen molar-refractivity contribution in [2.45, 2.75) is 185 Å². The maximum atomic E-state index is 14.4. The lowest BCUT2D eigenvalue weighted by atomic mass is 9.98. The van der Waals surface area contributed by atoms with E-state index in [1.165, 1.54) is 6.92 Å². The Kier molecular flexibility index (Phi) is 44.8. The molecule has 0 radical (unpaired) electrons. The first-order valence-corrected chi connectivity index (χ1v) is 29.6. The molecule has 0 heterocycles. The third kappa shape index (κ3) is 43.3. The number of aliphatic carboxylic acids is 5. The Morgan fingerprint density at radius 3 is 1.01 bits per heavy atom. The molecule has 0 bridgehead atoms. The molecule has 558 valence electrons. The zero-order valence-electron chi connectivity index (χ0n) is 53.6. The first kappa shape index (κ1) is 93.3. The molecular weight excluding hydrogens is 1350 g/mol. The van der Waals surface area contributed by atoms with Gasteiger partial charge in [-0.25, -0.2) is 24.0 Å². The van der Waals surface area contributed by atoms with Crippen LogP contribution in [0.25, 0.3) is 0 Å². The van der Waals surface area contributed by atoms with E-state index < -0.39 is 150 Å². The number of halogens is 12. The number of rotatable bonds is 34. The van der Waals surface area contributed by atoms with Crippen molar-refractivity contribution in [2.75, 3.05) is 19.6 Å². The summed E-state index contributed by atoms with van der Waals surface area (Å²) in [6, 6.07) is 8.53. The molecule has 0 aromatic heterocycles. The second kappa shape index (κ2) is 47.1. The van der Waals surface area contributed by atoms with Crippen molar-refractivity contribution in [1.82, 2.24) is 37.2 Å². The highest BCUT2D eigenvalue weighted by molar-refractivity contribution is 5.98. The van der Waals surface area contributed by atoms with Crippen LogP contribution in [0.3, 0.4) is 0 Å². The van der Waals surface area contributed by atoms with Crippen LogP contribution >= 0.6 is 0 Å². The normalized spacial score (nSPS) is 13.7. The number of nitrogens with one attached hydrogen (secondary N) is 7. The molecule has 28 nitrogen and oxygen atoms in total. The number of amides is 7. The van der Waals surface area contributed by atoms with Crippen LogP contribution < -0.4 is 60.2 Å². The molecule has 20 N–H and O–H groups in total. The number of carbonyl (C=O) groups excluding carboxylic acids is 7. The second-order valence-electron chi connectivity index (χ2n) is 21.8. The van der Waals surface area contributed by atoms with E-state index in [-0.39, 0.29) is 38.0 Å². The summed E-state index contributed by atoms with van der Waals surface area (Å²) in [6.45, 7) is 9.75. The number of hydrogen-bond acceptors (Lipinski definition) is 16. The van der Waals surface area contributed by atoms with Crippen LogP contribution in [0.2, 0.25) is 0 Å². The molecule has 0 saturated carbocycles. The maximum absolute atomic E-state index is 14.4. The summed E-state index contributed by atoms with van der Waals surface area (Å²) in [5, 5.41) is 57.2. The lowest BCUT2D eigenvalue weighted by molar-refractivity contribution is -0.193. The Morgan fingerprint density at radius 2 is 0.673 bits per heavy atom. The van der Waals surface area contributed by atoms with Gasteiger partial charge in [-0.3, -0.25) is 33.6 Å². The number of carbonyl (C=O) groups is 12. The molecule has 2 aromatic carbocycles. The van der Waals surface area contributed by atoms with Gasteiger partial charge in [-0.1, -0.05) is 94.8 Å². The van der Waals surface area contributed by atoms with Crippen molar-refractivity contribution >= 4 is 71.2 Å². The molecular formula is C58H85F12N11O17. The zero-order chi connectivity index (χ0) is 76.5. The monoisotopic (exact) mass is 1440 g/mol. The van der Waals surface area contributed by atoms with Crippen molar-refractivity contribution in [2.24, 2.45) is 34.8 Å². The third-order valence-corrected chi connectivity index (χ3v) is 12.6. The summed E-state index contributed by atoms with van der Waals surface area (Å²) < 4.78 is 127. The molecule has 2 aromatic rings. The molecule has 7 amide bonds. The average molecular weight is 1440 g/mol. The van der Waals surface area contributed by atoms with Gasteiger partial charge in [-0.05, 0) is 107 Å². The van der Waals surface area contributed by atoms with Crippen LogP contribution in [-0.4, -0.2) is 189 Å². The van der Waals surface area contributed by atoms with Crippen LogP contribution in [-0.2, 0) is 70.4 Å². The fourth-order valence-electron chi connectivity index (χ4n) is 7.52. The number of carboxylic acids is 5. The average Bonchev–Trinajstić information content (AvgIpc) is 0.849. The molecule has 8 atom stereocenters. The Labute approximate surface area is 553 Å². The number of hydrogen-bond donors (Lipinski definition) is 16. The lowest BCUT2D eigenvalue weighted by Gasteiger charge is -2.29. The minimum absolute atomic E-state index is 0.0115. The van der Waals surface area contributed by atoms with Crippen LogP contribution in [0.1, 0.15) is 110 Å². The van der Waals surface area contributed by atoms with E-state index in [4.69, 9.17) is 62.5 Å². The Hall–Kier alpha value is -8.92. The predicted octanol–water partition coefficient (Wildman–Crippen LogP) is 2.92. The van der Waals surface area contributed by atoms with Gasteiger partial charge >= 0.3 is 54.6 Å². The topological polar surface area (TPSA) is 494 Å². The quantitative estimate of drug-likeness (QED) is 0.0354. The predicted molar refractivity (Wildman–Crippen MR) is 323 cm³/mol. The van der Waals surface area contributed by atoms with E-state index >= 15 is 0 Å². The van der Waals surface area contributed by atoms with E-state index in [1.54, 1.807) is 74.5 Å². The van der Waals surface area contributed by atoms with Crippen molar-refractivity contribution in [1.29, 1.82) is 0 Å². The first-order chi connectivity index (χ1) is 45.1. The van der Waals surface area contributed by atoms with Crippen LogP contribution in [0.15, 0.2) is 60.7 Å². The molecule has 0 aliphatic heterocycles. The van der Waals surface area contributed by atoms with E-state index in [0.717, 1.165) is 0 Å². The first-order valence-electron chi connectivity index (χ1n) is 29.6. The van der Waals surface area contributed by atoms with Gasteiger partial charge in [-0.2, -0.15) is 52.7 Å². The van der Waals surface area contributed by atoms with Gasteiger partial charge in [0.2, 0.25) is 41.4 Å². The summed E-state index contributed by atoms with van der Waals surface area (Å²) in [7, 11) is 0. The summed E-state index contributed by atoms with van der Waals surface area (Å²) in [5.41, 5.74) is 24.3. The number of carboxylic acid groups (broad SMARTS) is 5. The standard InChI is InChI=1S/C50H81N11O9.4C2HF3O2/c1-31(2)28-39(58-45(64)37(23-13-16-26-52)56-44(63)36(54)22-12-15-25-51)48(67)61-42(32(3)4)49(68)60-41(30-35-20-10-7-11-21-35)47(66)59-40(29-34-18-8-6-9-19-34)46(65)55-33(5)43(62)57-38(50(69)70)24-14-17-27-53;4*3-2(4,5)1(6)7/h6-11,18-21,31-33,36-42H,12-17,22-30,51-54H2,1-5H3,(H,55,65)(H,56,63)(H,57,62)(H,58,64)(H,59,66)(H,60,68)(H,61,67)(H,69,70);4*(H,6,7)/t33-,36-,37-,38-,39-,40-,41-,42-;;;;/m0..../s1. The van der Waals surface area contributed by atoms with Crippen molar-refractivity contribution in [3.8, 4) is 0 Å². The van der Waals surface area contributed by atoms with Crippen molar-refractivity contribution in [3.63, 3.8) is 0 Å². The van der Waals surface area contributed by atoms with E-state index in [1.807, 2.05) is 13.8 Å². The van der Waals surface area contributed by atoms with Crippen LogP contribution in [0, 0.1) is 11.8 Å². The molecule has 0 spiro atoms. The molecule has 0 aliphatic rings. The molecule has 0 fully saturated rings. The van der Waals surface area contributed by atoms with Crippen molar-refractivity contribution in [3.05, 3.63) is 71.8 Å². The lowest BCUT2D eigenvalue weighted by Crippen LogP contribution is -2.61. The highest BCUT2D eigenvalue weighted by Gasteiger charge is 2.41. The summed E-state index contributed by atoms with van der Waals surface area (Å²) in [6.07, 6.45) is -15.9. The van der Waals surface area contributed by atoms with Gasteiger partial charge in [0.1, 0.15) is 42.3 Å². The highest BCUT2D eigenvalue weighted by atomic mass is 19.4. The van der Waals surface area contributed by atoms with Gasteiger partial charge in [0.15, 0.2) is 0 Å². The number of alkyl halides is 12. The van der Waals surface area contributed by atoms with Crippen LogP contribution in [0.4, 0.5) is 52.7 Å². The van der Waals surface area contributed by atoms with Crippen molar-refractivity contribution < 1.29 is 136 Å². The number of benzene rings is 2.